The lowest BCUT2D eigenvalue weighted by molar-refractivity contribution is -0.117. The highest BCUT2D eigenvalue weighted by molar-refractivity contribution is 7.89. The Hall–Kier alpha value is -4.14. The Bertz CT molecular complexity index is 1730. The minimum Gasteiger partial charge on any atom is -0.451 e. The molecule has 4 aromatic rings. The molecule has 1 amide bonds. The number of hydrogen-bond acceptors (Lipinski definition) is 7. The molecule has 1 aliphatic rings. The minimum atomic E-state index is -3.65. The first kappa shape index (κ1) is 24.5. The van der Waals surface area contributed by atoms with E-state index in [-0.39, 0.29) is 46.1 Å². The quantitative estimate of drug-likeness (QED) is 0.397. The second-order valence-corrected chi connectivity index (χ2v) is 10.8. The predicted molar refractivity (Wildman–Crippen MR) is 137 cm³/mol. The molecule has 0 radical (unpaired) electrons. The molecule has 9 nitrogen and oxygen atoms in total. The van der Waals surface area contributed by atoms with Gasteiger partial charge in [-0.25, -0.2) is 12.8 Å². The lowest BCUT2D eigenvalue weighted by Crippen LogP contribution is -2.24. The molecule has 12 heteroatoms. The molecule has 2 N–H and O–H groups in total. The van der Waals surface area contributed by atoms with Crippen LogP contribution >= 0.6 is 11.6 Å². The van der Waals surface area contributed by atoms with E-state index >= 15 is 0 Å². The van der Waals surface area contributed by atoms with Gasteiger partial charge in [0.15, 0.2) is 17.4 Å². The van der Waals surface area contributed by atoms with Gasteiger partial charge in [-0.1, -0.05) is 23.7 Å². The summed E-state index contributed by atoms with van der Waals surface area (Å²) in [4.78, 5) is 14.5. The average Bonchev–Trinajstić information content (AvgIpc) is 3.41. The number of para-hydroxylation sites is 1. The zero-order chi connectivity index (χ0) is 26.5. The summed E-state index contributed by atoms with van der Waals surface area (Å²) in [6, 6.07) is 15.8. The highest BCUT2D eigenvalue weighted by Gasteiger charge is 2.32. The number of nitrogen functional groups attached to an aromatic ring is 1. The zero-order valence-electron chi connectivity index (χ0n) is 19.4. The van der Waals surface area contributed by atoms with Crippen molar-refractivity contribution in [3.8, 4) is 17.6 Å². The third-order valence-corrected chi connectivity index (χ3v) is 7.36. The summed E-state index contributed by atoms with van der Waals surface area (Å²) < 4.78 is 44.9. The third-order valence-electron chi connectivity index (χ3n) is 6.14. The fourth-order valence-electron chi connectivity index (χ4n) is 4.37. The van der Waals surface area contributed by atoms with Crippen molar-refractivity contribution in [3.63, 3.8) is 0 Å². The van der Waals surface area contributed by atoms with Gasteiger partial charge in [0.2, 0.25) is 5.91 Å². The van der Waals surface area contributed by atoms with E-state index in [2.05, 4.69) is 5.10 Å². The number of halogens is 2. The van der Waals surface area contributed by atoms with Crippen LogP contribution in [0, 0.1) is 17.1 Å². The maximum atomic E-state index is 14.3. The van der Waals surface area contributed by atoms with Crippen molar-refractivity contribution in [3.05, 3.63) is 76.6 Å². The number of aromatic nitrogens is 2. The first-order chi connectivity index (χ1) is 17.6. The van der Waals surface area contributed by atoms with Crippen LogP contribution in [0.15, 0.2) is 54.6 Å². The van der Waals surface area contributed by atoms with Crippen molar-refractivity contribution < 1.29 is 22.3 Å². The molecule has 0 spiro atoms. The number of rotatable bonds is 5. The molecule has 37 heavy (non-hydrogen) atoms. The molecule has 1 fully saturated rings. The minimum absolute atomic E-state index is 0.0255. The van der Waals surface area contributed by atoms with Crippen LogP contribution in [0.5, 0.6) is 11.5 Å². The number of carbonyl (C=O) groups is 1. The number of nitrogens with zero attached hydrogens (tertiary/aromatic N) is 4. The van der Waals surface area contributed by atoms with Crippen LogP contribution in [0.4, 0.5) is 15.9 Å². The number of fused-ring (bicyclic) bond motifs is 1. The molecule has 0 saturated carbocycles. The highest BCUT2D eigenvalue weighted by atomic mass is 35.5. The van der Waals surface area contributed by atoms with E-state index in [1.807, 2.05) is 6.07 Å². The number of nitrogens with two attached hydrogens (primary N) is 1. The summed E-state index contributed by atoms with van der Waals surface area (Å²) >= 11 is 6.29. The summed E-state index contributed by atoms with van der Waals surface area (Å²) in [6.07, 6.45) is 1.22. The summed E-state index contributed by atoms with van der Waals surface area (Å²) in [5.41, 5.74) is 7.59. The van der Waals surface area contributed by atoms with Crippen molar-refractivity contribution >= 4 is 49.9 Å². The van der Waals surface area contributed by atoms with Crippen LogP contribution < -0.4 is 15.4 Å². The molecule has 0 unspecified atom stereocenters. The van der Waals surface area contributed by atoms with E-state index in [1.165, 1.54) is 18.2 Å². The van der Waals surface area contributed by atoms with E-state index in [0.717, 1.165) is 15.9 Å². The van der Waals surface area contributed by atoms with Crippen LogP contribution in [-0.2, 0) is 14.8 Å². The molecule has 2 heterocycles. The number of anilines is 2. The van der Waals surface area contributed by atoms with Gasteiger partial charge in [0.1, 0.15) is 11.8 Å². The standard InChI is InChI=1S/C25H19ClFN5O4S/c1-37(34,35)32-21-8-6-17(11-18(21)25(29)30-32)31-13-16(10-23(31)33)14-5-7-19(26)22(9-14)36-24-15(12-28)3-2-4-20(24)27/h2-9,11,16H,10,13H2,1H3,(H2,29,30)/t16-/m0/s1. The summed E-state index contributed by atoms with van der Waals surface area (Å²) in [6.45, 7) is 0.328. The lowest BCUT2D eigenvalue weighted by Gasteiger charge is -2.18. The molecule has 1 aliphatic heterocycles. The van der Waals surface area contributed by atoms with E-state index in [9.17, 15) is 22.9 Å². The van der Waals surface area contributed by atoms with Crippen LogP contribution in [-0.4, -0.2) is 36.3 Å². The van der Waals surface area contributed by atoms with Gasteiger partial charge < -0.3 is 15.4 Å². The molecule has 188 valence electrons. The second-order valence-electron chi connectivity index (χ2n) is 8.62. The van der Waals surface area contributed by atoms with Crippen molar-refractivity contribution in [1.82, 2.24) is 9.19 Å². The fourth-order valence-corrected chi connectivity index (χ4v) is 5.27. The SMILES string of the molecule is CS(=O)(=O)n1nc(N)c2cc(N3C[C@@H](c4ccc(Cl)c(Oc5c(F)cccc5C#N)c4)CC3=O)ccc21. The summed E-state index contributed by atoms with van der Waals surface area (Å²) in [7, 11) is -3.65. The zero-order valence-corrected chi connectivity index (χ0v) is 20.9. The molecule has 3 aromatic carbocycles. The van der Waals surface area contributed by atoms with Gasteiger partial charge in [0.25, 0.3) is 10.0 Å². The van der Waals surface area contributed by atoms with Crippen molar-refractivity contribution in [2.24, 2.45) is 0 Å². The first-order valence-electron chi connectivity index (χ1n) is 11.0. The van der Waals surface area contributed by atoms with Gasteiger partial charge in [-0.15, -0.1) is 5.10 Å². The van der Waals surface area contributed by atoms with Crippen LogP contribution in [0.2, 0.25) is 5.02 Å². The Morgan fingerprint density at radius 2 is 2.00 bits per heavy atom. The lowest BCUT2D eigenvalue weighted by atomic mass is 9.98. The largest absolute Gasteiger partial charge is 0.451 e. The smallest absolute Gasteiger partial charge is 0.251 e. The average molecular weight is 540 g/mol. The maximum Gasteiger partial charge on any atom is 0.251 e. The van der Waals surface area contributed by atoms with E-state index < -0.39 is 15.8 Å². The second kappa shape index (κ2) is 9.06. The number of amides is 1. The molecular weight excluding hydrogens is 521 g/mol. The van der Waals surface area contributed by atoms with E-state index in [4.69, 9.17) is 22.1 Å². The number of hydrogen-bond donors (Lipinski definition) is 1. The van der Waals surface area contributed by atoms with Gasteiger partial charge in [-0.05, 0) is 48.0 Å². The summed E-state index contributed by atoms with van der Waals surface area (Å²) in [5.74, 6) is -1.10. The number of benzene rings is 3. The topological polar surface area (TPSA) is 131 Å². The fraction of sp³-hybridized carbons (Fsp3) is 0.160. The predicted octanol–water partition coefficient (Wildman–Crippen LogP) is 4.40. The molecule has 1 saturated heterocycles. The van der Waals surface area contributed by atoms with Crippen molar-refractivity contribution in [2.45, 2.75) is 12.3 Å². The van der Waals surface area contributed by atoms with E-state index in [1.54, 1.807) is 41.3 Å². The molecule has 1 aromatic heterocycles. The Morgan fingerprint density at radius 3 is 2.73 bits per heavy atom. The van der Waals surface area contributed by atoms with Gasteiger partial charge in [0.05, 0.1) is 22.4 Å². The van der Waals surface area contributed by atoms with Crippen molar-refractivity contribution in [1.29, 1.82) is 5.26 Å². The maximum absolute atomic E-state index is 14.3. The molecule has 0 bridgehead atoms. The van der Waals surface area contributed by atoms with Crippen LogP contribution in [0.3, 0.4) is 0 Å². The Morgan fingerprint density at radius 1 is 1.22 bits per heavy atom. The number of ether oxygens (including phenoxy) is 1. The van der Waals surface area contributed by atoms with Gasteiger partial charge >= 0.3 is 0 Å². The van der Waals surface area contributed by atoms with Crippen molar-refractivity contribution in [2.75, 3.05) is 23.4 Å². The summed E-state index contributed by atoms with van der Waals surface area (Å²) in [5, 5.41) is 13.8. The van der Waals surface area contributed by atoms with Crippen LogP contribution in [0.25, 0.3) is 10.9 Å². The normalized spacial score (nSPS) is 15.8. The Labute approximate surface area is 216 Å². The Kier molecular flexibility index (Phi) is 6.01. The van der Waals surface area contributed by atoms with Crippen LogP contribution in [0.1, 0.15) is 23.5 Å². The molecule has 0 aliphatic carbocycles. The molecular formula is C25H19ClFN5O4S. The van der Waals surface area contributed by atoms with Gasteiger partial charge in [-0.3, -0.25) is 4.79 Å². The molecule has 1 atom stereocenters. The number of nitriles is 1. The monoisotopic (exact) mass is 539 g/mol. The molecule has 5 rings (SSSR count). The highest BCUT2D eigenvalue weighted by Crippen LogP contribution is 2.39. The van der Waals surface area contributed by atoms with Gasteiger partial charge in [0, 0.05) is 30.0 Å². The first-order valence-corrected chi connectivity index (χ1v) is 13.2. The number of carbonyl (C=O) groups excluding carboxylic acids is 1. The third kappa shape index (κ3) is 4.45. The van der Waals surface area contributed by atoms with Gasteiger partial charge in [-0.2, -0.15) is 9.35 Å². The van der Waals surface area contributed by atoms with E-state index in [0.29, 0.717) is 23.1 Å². The Balaban J connectivity index is 1.44.